The molecule has 2 heterocycles. The van der Waals surface area contributed by atoms with Gasteiger partial charge in [0.05, 0.1) is 18.9 Å². The van der Waals surface area contributed by atoms with Gasteiger partial charge in [-0.1, -0.05) is 13.8 Å². The lowest BCUT2D eigenvalue weighted by Crippen LogP contribution is -2.41. The Morgan fingerprint density at radius 2 is 1.80 bits per heavy atom. The molecule has 0 atom stereocenters. The first-order valence-corrected chi connectivity index (χ1v) is 9.51. The van der Waals surface area contributed by atoms with E-state index in [2.05, 4.69) is 36.3 Å². The van der Waals surface area contributed by atoms with Crippen molar-refractivity contribution in [2.24, 2.45) is 10.5 Å². The van der Waals surface area contributed by atoms with E-state index in [1.807, 2.05) is 19.9 Å². The summed E-state index contributed by atoms with van der Waals surface area (Å²) in [6.07, 6.45) is 2.33. The third-order valence-electron chi connectivity index (χ3n) is 4.97. The molecule has 0 aromatic heterocycles. The van der Waals surface area contributed by atoms with E-state index in [1.54, 1.807) is 0 Å². The van der Waals surface area contributed by atoms with Crippen molar-refractivity contribution >= 4 is 5.71 Å². The van der Waals surface area contributed by atoms with Gasteiger partial charge in [0.25, 0.3) is 0 Å². The van der Waals surface area contributed by atoms with E-state index >= 15 is 0 Å². The Labute approximate surface area is 151 Å². The van der Waals surface area contributed by atoms with E-state index in [4.69, 9.17) is 14.6 Å². The molecule has 5 nitrogen and oxygen atoms in total. The van der Waals surface area contributed by atoms with Crippen LogP contribution >= 0.6 is 0 Å². The van der Waals surface area contributed by atoms with E-state index in [-0.39, 0.29) is 5.41 Å². The van der Waals surface area contributed by atoms with Gasteiger partial charge in [-0.3, -0.25) is 5.01 Å². The molecule has 0 saturated carbocycles. The first kappa shape index (κ1) is 18.1. The monoisotopic (exact) mass is 345 g/mol. The first-order chi connectivity index (χ1) is 12.0. The maximum atomic E-state index is 5.80. The second-order valence-corrected chi connectivity index (χ2v) is 7.44. The molecule has 0 bridgehead atoms. The van der Waals surface area contributed by atoms with Crippen LogP contribution in [0.4, 0.5) is 0 Å². The van der Waals surface area contributed by atoms with Gasteiger partial charge in [-0.15, -0.1) is 0 Å². The van der Waals surface area contributed by atoms with Crippen molar-refractivity contribution in [2.45, 2.75) is 46.6 Å². The number of hydrogen-bond donors (Lipinski definition) is 1. The van der Waals surface area contributed by atoms with E-state index in [0.717, 1.165) is 42.4 Å². The molecule has 0 amide bonds. The molecule has 1 fully saturated rings. The lowest BCUT2D eigenvalue weighted by molar-refractivity contribution is 0.160. The summed E-state index contributed by atoms with van der Waals surface area (Å²) in [6, 6.07) is 6.75. The lowest BCUT2D eigenvalue weighted by atomic mass is 9.84. The van der Waals surface area contributed by atoms with Crippen LogP contribution in [0.5, 0.6) is 11.5 Å². The fraction of sp³-hybridized carbons (Fsp3) is 0.650. The minimum atomic E-state index is 0.0293. The largest absolute Gasteiger partial charge is 0.490 e. The third-order valence-corrected chi connectivity index (χ3v) is 4.97. The Balaban J connectivity index is 1.88. The highest BCUT2D eigenvalue weighted by atomic mass is 16.5. The summed E-state index contributed by atoms with van der Waals surface area (Å²) < 4.78 is 11.5. The summed E-state index contributed by atoms with van der Waals surface area (Å²) in [5.74, 6) is 1.61. The zero-order valence-corrected chi connectivity index (χ0v) is 16.0. The average molecular weight is 345 g/mol. The van der Waals surface area contributed by atoms with Crippen molar-refractivity contribution in [3.63, 3.8) is 0 Å². The van der Waals surface area contributed by atoms with Gasteiger partial charge in [0.2, 0.25) is 0 Å². The van der Waals surface area contributed by atoms with Crippen molar-refractivity contribution in [1.82, 2.24) is 10.3 Å². The van der Waals surface area contributed by atoms with Crippen LogP contribution in [0.2, 0.25) is 0 Å². The molecule has 5 heteroatoms. The smallest absolute Gasteiger partial charge is 0.161 e. The maximum Gasteiger partial charge on any atom is 0.161 e. The van der Waals surface area contributed by atoms with Crippen molar-refractivity contribution in [3.8, 4) is 11.5 Å². The molecule has 0 aliphatic carbocycles. The number of hydrazone groups is 1. The lowest BCUT2D eigenvalue weighted by Gasteiger charge is -2.31. The van der Waals surface area contributed by atoms with Gasteiger partial charge >= 0.3 is 0 Å². The standard InChI is InChI=1S/C20H31N3O2/c1-5-24-17-8-7-15(13-18(17)25-6-2)19-20(3,4)14-23(22-19)16-9-11-21-12-10-16/h7-8,13,16,21H,5-6,9-12,14H2,1-4H3. The molecule has 0 spiro atoms. The number of piperidine rings is 1. The summed E-state index contributed by atoms with van der Waals surface area (Å²) in [4.78, 5) is 0. The fourth-order valence-corrected chi connectivity index (χ4v) is 3.74. The summed E-state index contributed by atoms with van der Waals surface area (Å²) in [6.45, 7) is 13.0. The van der Waals surface area contributed by atoms with Crippen LogP contribution in [-0.2, 0) is 0 Å². The topological polar surface area (TPSA) is 46.1 Å². The molecule has 2 aliphatic heterocycles. The van der Waals surface area contributed by atoms with Gasteiger partial charge in [-0.25, -0.2) is 0 Å². The molecule has 0 radical (unpaired) electrons. The molecule has 25 heavy (non-hydrogen) atoms. The van der Waals surface area contributed by atoms with Crippen molar-refractivity contribution in [1.29, 1.82) is 0 Å². The van der Waals surface area contributed by atoms with E-state index in [1.165, 1.54) is 12.8 Å². The zero-order chi connectivity index (χ0) is 17.9. The van der Waals surface area contributed by atoms with Gasteiger partial charge < -0.3 is 14.8 Å². The highest BCUT2D eigenvalue weighted by Gasteiger charge is 2.38. The Kier molecular flexibility index (Phi) is 5.52. The number of nitrogens with zero attached hydrogens (tertiary/aromatic N) is 2. The second kappa shape index (κ2) is 7.65. The predicted octanol–water partition coefficient (Wildman–Crippen LogP) is 3.28. The summed E-state index contributed by atoms with van der Waals surface area (Å²) in [5.41, 5.74) is 2.31. The second-order valence-electron chi connectivity index (χ2n) is 7.44. The van der Waals surface area contributed by atoms with Crippen molar-refractivity contribution in [3.05, 3.63) is 23.8 Å². The number of rotatable bonds is 6. The highest BCUT2D eigenvalue weighted by molar-refractivity contribution is 6.05. The summed E-state index contributed by atoms with van der Waals surface area (Å²) >= 11 is 0. The average Bonchev–Trinajstić information content (AvgIpc) is 2.93. The van der Waals surface area contributed by atoms with Gasteiger partial charge in [-0.05, 0) is 58.0 Å². The van der Waals surface area contributed by atoms with Gasteiger partial charge in [0.1, 0.15) is 0 Å². The number of hydrogen-bond acceptors (Lipinski definition) is 5. The quantitative estimate of drug-likeness (QED) is 0.859. The van der Waals surface area contributed by atoms with Crippen LogP contribution in [0.15, 0.2) is 23.3 Å². The van der Waals surface area contributed by atoms with Crippen LogP contribution < -0.4 is 14.8 Å². The summed E-state index contributed by atoms with van der Waals surface area (Å²) in [5, 5.41) is 10.8. The Bertz CT molecular complexity index is 621. The van der Waals surface area contributed by atoms with Gasteiger partial charge in [0.15, 0.2) is 11.5 Å². The molecule has 2 aliphatic rings. The number of ether oxygens (including phenoxy) is 2. The molecule has 1 N–H and O–H groups in total. The first-order valence-electron chi connectivity index (χ1n) is 9.51. The predicted molar refractivity (Wildman–Crippen MR) is 102 cm³/mol. The van der Waals surface area contributed by atoms with Crippen LogP contribution in [0.1, 0.15) is 46.1 Å². The molecular weight excluding hydrogens is 314 g/mol. The van der Waals surface area contributed by atoms with Crippen LogP contribution in [-0.4, -0.2) is 49.6 Å². The molecule has 138 valence electrons. The Morgan fingerprint density at radius 3 is 2.48 bits per heavy atom. The van der Waals surface area contributed by atoms with Crippen molar-refractivity contribution in [2.75, 3.05) is 32.8 Å². The zero-order valence-electron chi connectivity index (χ0n) is 16.0. The minimum absolute atomic E-state index is 0.0293. The number of benzene rings is 1. The molecule has 1 aromatic carbocycles. The van der Waals surface area contributed by atoms with E-state index in [9.17, 15) is 0 Å². The minimum Gasteiger partial charge on any atom is -0.490 e. The number of nitrogens with one attached hydrogen (secondary N) is 1. The van der Waals surface area contributed by atoms with E-state index < -0.39 is 0 Å². The normalized spacial score (nSPS) is 20.5. The van der Waals surface area contributed by atoms with E-state index in [0.29, 0.717) is 19.3 Å². The van der Waals surface area contributed by atoms with Gasteiger partial charge in [0, 0.05) is 23.6 Å². The molecule has 0 unspecified atom stereocenters. The Morgan fingerprint density at radius 1 is 1.12 bits per heavy atom. The van der Waals surface area contributed by atoms with Gasteiger partial charge in [-0.2, -0.15) is 5.10 Å². The SMILES string of the molecule is CCOc1ccc(C2=NN(C3CCNCC3)CC2(C)C)cc1OCC. The molecular formula is C20H31N3O2. The third kappa shape index (κ3) is 3.92. The van der Waals surface area contributed by atoms with Crippen molar-refractivity contribution < 1.29 is 9.47 Å². The fourth-order valence-electron chi connectivity index (χ4n) is 3.74. The van der Waals surface area contributed by atoms with Crippen LogP contribution in [0.25, 0.3) is 0 Å². The maximum absolute atomic E-state index is 5.80. The molecule has 1 saturated heterocycles. The molecule has 3 rings (SSSR count). The Hall–Kier alpha value is -1.75. The molecule has 1 aromatic rings. The van der Waals surface area contributed by atoms with Crippen LogP contribution in [0, 0.1) is 5.41 Å². The highest BCUT2D eigenvalue weighted by Crippen LogP contribution is 2.36. The van der Waals surface area contributed by atoms with Crippen LogP contribution in [0.3, 0.4) is 0 Å². The summed E-state index contributed by atoms with van der Waals surface area (Å²) in [7, 11) is 0.